The van der Waals surface area contributed by atoms with E-state index >= 15 is 0 Å². The highest BCUT2D eigenvalue weighted by atomic mass is 35.5. The first kappa shape index (κ1) is 26.0. The number of allylic oxidation sites excluding steroid dienone is 1. The molecule has 3 heterocycles. The Balaban J connectivity index is 1.83. The van der Waals surface area contributed by atoms with Gasteiger partial charge in [0.1, 0.15) is 11.8 Å². The van der Waals surface area contributed by atoms with Crippen molar-refractivity contribution in [1.29, 1.82) is 0 Å². The number of carbonyl (C=O) groups excluding carboxylic acids is 1. The molecule has 1 aliphatic rings. The lowest BCUT2D eigenvalue weighted by Gasteiger charge is -2.27. The maximum absolute atomic E-state index is 14.1. The SMILES string of the molecule is CCCC1=C(C(=O)OCC)[C@@H](c2cc(Cl)ccc2OC)n2c(s/c(=C/c3c(C)[nH]c4ccccc34)c2=O)=N1. The van der Waals surface area contributed by atoms with E-state index in [1.807, 2.05) is 44.2 Å². The van der Waals surface area contributed by atoms with Crippen LogP contribution in [0.1, 0.15) is 49.6 Å². The molecule has 0 unspecified atom stereocenters. The van der Waals surface area contributed by atoms with Gasteiger partial charge in [-0.3, -0.25) is 9.36 Å². The minimum Gasteiger partial charge on any atom is -0.496 e. The Morgan fingerprint density at radius 3 is 2.76 bits per heavy atom. The minimum absolute atomic E-state index is 0.200. The molecule has 0 saturated heterocycles. The molecule has 2 aromatic heterocycles. The topological polar surface area (TPSA) is 85.7 Å². The number of methoxy groups -OCH3 is 1. The Bertz CT molecular complexity index is 1760. The van der Waals surface area contributed by atoms with Crippen molar-refractivity contribution in [3.8, 4) is 5.75 Å². The molecule has 4 aromatic rings. The van der Waals surface area contributed by atoms with E-state index in [2.05, 4.69) is 4.98 Å². The third kappa shape index (κ3) is 4.48. The predicted molar refractivity (Wildman–Crippen MR) is 151 cm³/mol. The molecule has 196 valence electrons. The molecular formula is C29H28ClN3O4S. The van der Waals surface area contributed by atoms with Crippen LogP contribution >= 0.6 is 22.9 Å². The number of nitrogens with one attached hydrogen (secondary N) is 1. The van der Waals surface area contributed by atoms with Crippen molar-refractivity contribution in [2.45, 2.75) is 39.7 Å². The van der Waals surface area contributed by atoms with E-state index in [1.165, 1.54) is 11.3 Å². The minimum atomic E-state index is -0.799. The van der Waals surface area contributed by atoms with Gasteiger partial charge < -0.3 is 14.5 Å². The van der Waals surface area contributed by atoms with Gasteiger partial charge in [0.2, 0.25) is 0 Å². The van der Waals surface area contributed by atoms with Crippen molar-refractivity contribution >= 4 is 45.9 Å². The number of hydrogen-bond donors (Lipinski definition) is 1. The highest BCUT2D eigenvalue weighted by molar-refractivity contribution is 7.07. The molecule has 0 radical (unpaired) electrons. The Kier molecular flexibility index (Phi) is 7.27. The summed E-state index contributed by atoms with van der Waals surface area (Å²) in [5.74, 6) is 0.00878. The van der Waals surface area contributed by atoms with E-state index in [0.29, 0.717) is 43.4 Å². The number of halogens is 1. The van der Waals surface area contributed by atoms with E-state index in [-0.39, 0.29) is 12.2 Å². The Hall–Kier alpha value is -3.62. The molecular weight excluding hydrogens is 522 g/mol. The Morgan fingerprint density at radius 2 is 2.03 bits per heavy atom. The van der Waals surface area contributed by atoms with Crippen LogP contribution in [-0.2, 0) is 9.53 Å². The molecule has 0 bridgehead atoms. The molecule has 1 N–H and O–H groups in total. The summed E-state index contributed by atoms with van der Waals surface area (Å²) in [6.45, 7) is 5.97. The lowest BCUT2D eigenvalue weighted by Crippen LogP contribution is -2.40. The van der Waals surface area contributed by atoms with Gasteiger partial charge in [0.05, 0.1) is 29.5 Å². The van der Waals surface area contributed by atoms with E-state index in [4.69, 9.17) is 26.1 Å². The van der Waals surface area contributed by atoms with Gasteiger partial charge in [-0.05, 0) is 50.6 Å². The molecule has 0 spiro atoms. The van der Waals surface area contributed by atoms with Crippen LogP contribution in [-0.4, -0.2) is 29.2 Å². The number of aryl methyl sites for hydroxylation is 1. The van der Waals surface area contributed by atoms with Gasteiger partial charge in [-0.2, -0.15) is 0 Å². The summed E-state index contributed by atoms with van der Waals surface area (Å²) < 4.78 is 13.2. The quantitative estimate of drug-likeness (QED) is 0.328. The summed E-state index contributed by atoms with van der Waals surface area (Å²) in [7, 11) is 1.55. The van der Waals surface area contributed by atoms with Crippen molar-refractivity contribution < 1.29 is 14.3 Å². The fraction of sp³-hybridized carbons (Fsp3) is 0.276. The van der Waals surface area contributed by atoms with Crippen LogP contribution in [0.2, 0.25) is 5.02 Å². The molecule has 0 amide bonds. The summed E-state index contributed by atoms with van der Waals surface area (Å²) in [6.07, 6.45) is 3.22. The molecule has 2 aromatic carbocycles. The maximum atomic E-state index is 14.1. The first-order chi connectivity index (χ1) is 18.4. The number of fused-ring (bicyclic) bond motifs is 2. The normalized spacial score (nSPS) is 15.5. The van der Waals surface area contributed by atoms with Crippen LogP contribution in [0.5, 0.6) is 5.75 Å². The van der Waals surface area contributed by atoms with Gasteiger partial charge in [-0.15, -0.1) is 0 Å². The molecule has 1 aliphatic heterocycles. The second-order valence-corrected chi connectivity index (χ2v) is 10.5. The average Bonchev–Trinajstić information content (AvgIpc) is 3.39. The first-order valence-corrected chi connectivity index (χ1v) is 13.7. The van der Waals surface area contributed by atoms with Crippen LogP contribution in [0.15, 0.2) is 63.5 Å². The van der Waals surface area contributed by atoms with Crippen molar-refractivity contribution in [3.63, 3.8) is 0 Å². The van der Waals surface area contributed by atoms with Crippen molar-refractivity contribution in [1.82, 2.24) is 9.55 Å². The van der Waals surface area contributed by atoms with Crippen LogP contribution in [0.4, 0.5) is 0 Å². The van der Waals surface area contributed by atoms with Crippen molar-refractivity contribution in [2.24, 2.45) is 4.99 Å². The number of ether oxygens (including phenoxy) is 2. The number of hydrogen-bond acceptors (Lipinski definition) is 6. The van der Waals surface area contributed by atoms with E-state index in [9.17, 15) is 9.59 Å². The molecule has 5 rings (SSSR count). The highest BCUT2D eigenvalue weighted by Gasteiger charge is 2.36. The molecule has 38 heavy (non-hydrogen) atoms. The fourth-order valence-electron chi connectivity index (χ4n) is 4.95. The number of nitrogens with zero attached hydrogens (tertiary/aromatic N) is 2. The second kappa shape index (κ2) is 10.6. The van der Waals surface area contributed by atoms with Gasteiger partial charge in [0.25, 0.3) is 5.56 Å². The Morgan fingerprint density at radius 1 is 1.24 bits per heavy atom. The van der Waals surface area contributed by atoms with Crippen molar-refractivity contribution in [3.05, 3.63) is 95.3 Å². The lowest BCUT2D eigenvalue weighted by molar-refractivity contribution is -0.139. The van der Waals surface area contributed by atoms with Gasteiger partial charge in [-0.25, -0.2) is 9.79 Å². The summed E-state index contributed by atoms with van der Waals surface area (Å²) >= 11 is 7.72. The second-order valence-electron chi connectivity index (χ2n) is 9.01. The third-order valence-electron chi connectivity index (χ3n) is 6.60. The zero-order chi connectivity index (χ0) is 27.0. The number of thiazole rings is 1. The molecule has 0 saturated carbocycles. The van der Waals surface area contributed by atoms with Gasteiger partial charge in [0, 0.05) is 32.7 Å². The summed E-state index contributed by atoms with van der Waals surface area (Å²) in [5, 5.41) is 1.50. The number of para-hydroxylation sites is 1. The number of esters is 1. The molecule has 0 fully saturated rings. The van der Waals surface area contributed by atoms with Gasteiger partial charge >= 0.3 is 5.97 Å². The molecule has 1 atom stereocenters. The molecule has 9 heteroatoms. The van der Waals surface area contributed by atoms with Crippen LogP contribution in [0.25, 0.3) is 17.0 Å². The van der Waals surface area contributed by atoms with Crippen LogP contribution in [0.3, 0.4) is 0 Å². The van der Waals surface area contributed by atoms with Crippen LogP contribution in [0, 0.1) is 6.92 Å². The number of H-pyrrole nitrogens is 1. The summed E-state index contributed by atoms with van der Waals surface area (Å²) in [4.78, 5) is 36.2. The maximum Gasteiger partial charge on any atom is 0.338 e. The highest BCUT2D eigenvalue weighted by Crippen LogP contribution is 2.38. The number of aromatic amines is 1. The van der Waals surface area contributed by atoms with Gasteiger partial charge in [-0.1, -0.05) is 54.5 Å². The van der Waals surface area contributed by atoms with E-state index in [0.717, 1.165) is 28.6 Å². The lowest BCUT2D eigenvalue weighted by atomic mass is 9.93. The molecule has 7 nitrogen and oxygen atoms in total. The predicted octanol–water partition coefficient (Wildman–Crippen LogP) is 5.03. The smallest absolute Gasteiger partial charge is 0.338 e. The fourth-order valence-corrected chi connectivity index (χ4v) is 6.13. The number of carbonyl (C=O) groups is 1. The van der Waals surface area contributed by atoms with E-state index < -0.39 is 12.0 Å². The largest absolute Gasteiger partial charge is 0.496 e. The Labute approximate surface area is 228 Å². The van der Waals surface area contributed by atoms with E-state index in [1.54, 1.807) is 36.8 Å². The standard InChI is InChI=1S/C29H28ClN3O4S/c1-5-9-22-25(28(35)37-6-2)26(20-14-17(30)12-13-23(20)36-4)33-27(34)24(38-29(33)32-22)15-19-16(3)31-21-11-8-7-10-18(19)21/h7-8,10-15,26,31H,5-6,9H2,1-4H3/b24-15+/t26-/m1/s1. The van der Waals surface area contributed by atoms with Gasteiger partial charge in [0.15, 0.2) is 4.80 Å². The number of rotatable bonds is 7. The van der Waals surface area contributed by atoms with Crippen molar-refractivity contribution in [2.75, 3.05) is 13.7 Å². The molecule has 0 aliphatic carbocycles. The number of benzene rings is 2. The van der Waals surface area contributed by atoms with Crippen LogP contribution < -0.4 is 19.6 Å². The first-order valence-electron chi connectivity index (χ1n) is 12.5. The summed E-state index contributed by atoms with van der Waals surface area (Å²) in [6, 6.07) is 12.4. The summed E-state index contributed by atoms with van der Waals surface area (Å²) in [5.41, 5.74) is 4.20. The zero-order valence-electron chi connectivity index (χ0n) is 21.6. The average molecular weight is 550 g/mol. The monoisotopic (exact) mass is 549 g/mol. The zero-order valence-corrected chi connectivity index (χ0v) is 23.2. The third-order valence-corrected chi connectivity index (χ3v) is 7.82. The number of aromatic nitrogens is 2.